The molecule has 8 nitrogen and oxygen atoms in total. The number of aromatic amines is 1. The zero-order valence-electron chi connectivity index (χ0n) is 18.7. The third-order valence-electron chi connectivity index (χ3n) is 5.93. The van der Waals surface area contributed by atoms with E-state index in [0.29, 0.717) is 28.0 Å². The molecule has 0 radical (unpaired) electrons. The van der Waals surface area contributed by atoms with Gasteiger partial charge in [-0.1, -0.05) is 0 Å². The summed E-state index contributed by atoms with van der Waals surface area (Å²) in [4.78, 5) is 32.1. The van der Waals surface area contributed by atoms with Gasteiger partial charge in [0.1, 0.15) is 17.5 Å². The van der Waals surface area contributed by atoms with E-state index < -0.39 is 17.7 Å². The van der Waals surface area contributed by atoms with Gasteiger partial charge < -0.3 is 19.5 Å². The predicted octanol–water partition coefficient (Wildman–Crippen LogP) is 4.15. The summed E-state index contributed by atoms with van der Waals surface area (Å²) in [5.41, 5.74) is 1.16. The Bertz CT molecular complexity index is 1340. The van der Waals surface area contributed by atoms with E-state index in [1.54, 1.807) is 18.3 Å². The second kappa shape index (κ2) is 8.90. The predicted molar refractivity (Wildman–Crippen MR) is 124 cm³/mol. The lowest BCUT2D eigenvalue weighted by Gasteiger charge is -2.36. The Labute approximate surface area is 198 Å². The number of pyridine rings is 2. The van der Waals surface area contributed by atoms with Crippen LogP contribution in [0.3, 0.4) is 0 Å². The Balaban J connectivity index is 1.25. The van der Waals surface area contributed by atoms with E-state index in [0.717, 1.165) is 49.9 Å². The van der Waals surface area contributed by atoms with E-state index in [9.17, 15) is 18.0 Å². The van der Waals surface area contributed by atoms with E-state index in [1.165, 1.54) is 19.4 Å². The number of fused-ring (bicyclic) bond motifs is 1. The molecule has 5 rings (SSSR count). The molecule has 180 valence electrons. The molecule has 3 aromatic heterocycles. The first-order valence-electron chi connectivity index (χ1n) is 10.9. The molecule has 1 aromatic carbocycles. The van der Waals surface area contributed by atoms with Crippen molar-refractivity contribution in [3.05, 3.63) is 66.0 Å². The van der Waals surface area contributed by atoms with Crippen LogP contribution in [0.2, 0.25) is 0 Å². The van der Waals surface area contributed by atoms with Gasteiger partial charge in [-0.25, -0.2) is 19.7 Å². The maximum Gasteiger partial charge on any atom is 0.416 e. The molecule has 0 unspecified atom stereocenters. The Morgan fingerprint density at radius 2 is 1.60 bits per heavy atom. The average molecular weight is 482 g/mol. The lowest BCUT2D eigenvalue weighted by atomic mass is 10.2. The summed E-state index contributed by atoms with van der Waals surface area (Å²) in [6.45, 7) is 2.94. The fourth-order valence-corrected chi connectivity index (χ4v) is 4.01. The SMILES string of the molecule is COC(=O)c1ccc(N2CCN(c3ccc(-c4nc5ccc(C(F)(F)F)cc5[nH]4)cn3)CC2)nc1. The van der Waals surface area contributed by atoms with Gasteiger partial charge in [-0.3, -0.25) is 0 Å². The number of esters is 1. The van der Waals surface area contributed by atoms with E-state index in [2.05, 4.69) is 29.7 Å². The zero-order chi connectivity index (χ0) is 24.6. The van der Waals surface area contributed by atoms with Crippen LogP contribution in [0, 0.1) is 0 Å². The molecule has 1 aliphatic heterocycles. The van der Waals surface area contributed by atoms with Crippen molar-refractivity contribution in [3.8, 4) is 11.4 Å². The number of carbonyl (C=O) groups excluding carboxylic acids is 1. The van der Waals surface area contributed by atoms with E-state index in [4.69, 9.17) is 4.74 Å². The fourth-order valence-electron chi connectivity index (χ4n) is 4.01. The highest BCUT2D eigenvalue weighted by Gasteiger charge is 2.30. The summed E-state index contributed by atoms with van der Waals surface area (Å²) in [6, 6.07) is 10.7. The maximum absolute atomic E-state index is 13.0. The average Bonchev–Trinajstić information content (AvgIpc) is 3.32. The normalized spacial score (nSPS) is 14.4. The molecule has 0 aliphatic carbocycles. The first-order chi connectivity index (χ1) is 16.8. The Morgan fingerprint density at radius 3 is 2.14 bits per heavy atom. The standard InChI is InChI=1S/C24H21F3N6O2/c1-35-23(34)16-3-7-21(29-14-16)33-10-8-32(9-11-33)20-6-2-15(13-28-20)22-30-18-5-4-17(24(25,26)27)12-19(18)31-22/h2-7,12-14H,8-11H2,1H3,(H,30,31). The van der Waals surface area contributed by atoms with Crippen LogP contribution in [0.15, 0.2) is 54.9 Å². The third-order valence-corrected chi connectivity index (χ3v) is 5.93. The first-order valence-corrected chi connectivity index (χ1v) is 10.9. The second-order valence-electron chi connectivity index (χ2n) is 8.09. The maximum atomic E-state index is 13.0. The van der Waals surface area contributed by atoms with Crippen molar-refractivity contribution in [3.63, 3.8) is 0 Å². The molecule has 4 heterocycles. The van der Waals surface area contributed by atoms with E-state index in [1.807, 2.05) is 12.1 Å². The quantitative estimate of drug-likeness (QED) is 0.437. The number of piperazine rings is 1. The summed E-state index contributed by atoms with van der Waals surface area (Å²) < 4.78 is 43.6. The number of hydrogen-bond donors (Lipinski definition) is 1. The van der Waals surface area contributed by atoms with Crippen molar-refractivity contribution in [1.82, 2.24) is 19.9 Å². The molecule has 0 saturated carbocycles. The molecule has 0 atom stereocenters. The third kappa shape index (κ3) is 4.61. The van der Waals surface area contributed by atoms with Crippen molar-refractivity contribution >= 4 is 28.6 Å². The van der Waals surface area contributed by atoms with E-state index >= 15 is 0 Å². The number of H-pyrrole nitrogens is 1. The van der Waals surface area contributed by atoms with Crippen LogP contribution in [-0.4, -0.2) is 59.2 Å². The Morgan fingerprint density at radius 1 is 0.943 bits per heavy atom. The number of halogens is 3. The number of methoxy groups -OCH3 is 1. The van der Waals surface area contributed by atoms with Crippen LogP contribution in [0.1, 0.15) is 15.9 Å². The van der Waals surface area contributed by atoms with Crippen LogP contribution >= 0.6 is 0 Å². The molecule has 1 fully saturated rings. The Hall–Kier alpha value is -4.15. The number of benzene rings is 1. The van der Waals surface area contributed by atoms with Gasteiger partial charge in [0.2, 0.25) is 0 Å². The number of anilines is 2. The van der Waals surface area contributed by atoms with Gasteiger partial charge in [0.05, 0.1) is 29.3 Å². The molecule has 11 heteroatoms. The molecule has 1 saturated heterocycles. The molecule has 0 spiro atoms. The number of hydrogen-bond acceptors (Lipinski definition) is 7. The molecule has 0 bridgehead atoms. The van der Waals surface area contributed by atoms with Crippen molar-refractivity contribution in [1.29, 1.82) is 0 Å². The van der Waals surface area contributed by atoms with Crippen LogP contribution in [0.5, 0.6) is 0 Å². The van der Waals surface area contributed by atoms with Crippen LogP contribution < -0.4 is 9.80 Å². The molecule has 1 N–H and O–H groups in total. The first kappa shape index (κ1) is 22.6. The lowest BCUT2D eigenvalue weighted by molar-refractivity contribution is -0.137. The number of rotatable bonds is 4. The number of nitrogens with zero attached hydrogens (tertiary/aromatic N) is 5. The minimum absolute atomic E-state index is 0.322. The lowest BCUT2D eigenvalue weighted by Crippen LogP contribution is -2.47. The molecule has 1 aliphatic rings. The van der Waals surface area contributed by atoms with E-state index in [-0.39, 0.29) is 0 Å². The number of aromatic nitrogens is 4. The Kier molecular flexibility index (Phi) is 5.75. The topological polar surface area (TPSA) is 87.2 Å². The van der Waals surface area contributed by atoms with Gasteiger partial charge >= 0.3 is 12.1 Å². The minimum Gasteiger partial charge on any atom is -0.465 e. The number of carbonyl (C=O) groups is 1. The van der Waals surface area contributed by atoms with Gasteiger partial charge in [0, 0.05) is 44.1 Å². The van der Waals surface area contributed by atoms with Crippen molar-refractivity contribution in [2.24, 2.45) is 0 Å². The van der Waals surface area contributed by atoms with Gasteiger partial charge in [-0.05, 0) is 42.5 Å². The second-order valence-corrected chi connectivity index (χ2v) is 8.09. The van der Waals surface area contributed by atoms with Gasteiger partial charge in [0.15, 0.2) is 0 Å². The number of alkyl halides is 3. The molecule has 4 aromatic rings. The van der Waals surface area contributed by atoms with Crippen molar-refractivity contribution in [2.45, 2.75) is 6.18 Å². The monoisotopic (exact) mass is 482 g/mol. The molecule has 35 heavy (non-hydrogen) atoms. The number of nitrogens with one attached hydrogen (secondary N) is 1. The fraction of sp³-hybridized carbons (Fsp3) is 0.250. The molecular weight excluding hydrogens is 461 g/mol. The summed E-state index contributed by atoms with van der Waals surface area (Å²) in [7, 11) is 1.33. The van der Waals surface area contributed by atoms with Gasteiger partial charge in [-0.15, -0.1) is 0 Å². The van der Waals surface area contributed by atoms with Crippen molar-refractivity contribution < 1.29 is 22.7 Å². The van der Waals surface area contributed by atoms with Gasteiger partial charge in [-0.2, -0.15) is 13.2 Å². The van der Waals surface area contributed by atoms with Gasteiger partial charge in [0.25, 0.3) is 0 Å². The largest absolute Gasteiger partial charge is 0.465 e. The minimum atomic E-state index is -4.41. The summed E-state index contributed by atoms with van der Waals surface area (Å²) in [5, 5.41) is 0. The molecule has 0 amide bonds. The summed E-state index contributed by atoms with van der Waals surface area (Å²) in [5.74, 6) is 1.64. The highest BCUT2D eigenvalue weighted by atomic mass is 19.4. The van der Waals surface area contributed by atoms with Crippen LogP contribution in [0.4, 0.5) is 24.8 Å². The van der Waals surface area contributed by atoms with Crippen LogP contribution in [-0.2, 0) is 10.9 Å². The zero-order valence-corrected chi connectivity index (χ0v) is 18.7. The van der Waals surface area contributed by atoms with Crippen molar-refractivity contribution in [2.75, 3.05) is 43.1 Å². The summed E-state index contributed by atoms with van der Waals surface area (Å²) in [6.07, 6.45) is -1.23. The smallest absolute Gasteiger partial charge is 0.416 e. The number of imidazole rings is 1. The van der Waals surface area contributed by atoms with Crippen LogP contribution in [0.25, 0.3) is 22.4 Å². The highest BCUT2D eigenvalue weighted by molar-refractivity contribution is 5.89. The number of ether oxygens (including phenoxy) is 1. The highest BCUT2D eigenvalue weighted by Crippen LogP contribution is 2.32. The summed E-state index contributed by atoms with van der Waals surface area (Å²) >= 11 is 0. The molecular formula is C24H21F3N6O2.